The first-order chi connectivity index (χ1) is 11.4. The molecule has 2 aromatic rings. The summed E-state index contributed by atoms with van der Waals surface area (Å²) in [7, 11) is 0. The predicted molar refractivity (Wildman–Crippen MR) is 87.7 cm³/mol. The lowest BCUT2D eigenvalue weighted by Crippen LogP contribution is -2.32. The minimum Gasteiger partial charge on any atom is -0.480 e. The first-order valence-corrected chi connectivity index (χ1v) is 7.56. The molecule has 2 heterocycles. The molecule has 0 spiro atoms. The summed E-state index contributed by atoms with van der Waals surface area (Å²) >= 11 is 0. The monoisotopic (exact) mass is 335 g/mol. The molecule has 3 atom stereocenters. The van der Waals surface area contributed by atoms with E-state index in [4.69, 9.17) is 21.1 Å². The fraction of sp³-hybridized carbons (Fsp3) is 0.375. The maximum absolute atomic E-state index is 10.6. The third-order valence-electron chi connectivity index (χ3n) is 3.84. The van der Waals surface area contributed by atoms with Crippen molar-refractivity contribution in [1.82, 2.24) is 10.3 Å². The number of carbonyl (C=O) groups is 2. The van der Waals surface area contributed by atoms with Gasteiger partial charge in [-0.15, -0.1) is 0 Å². The highest BCUT2D eigenvalue weighted by Crippen LogP contribution is 2.18. The van der Waals surface area contributed by atoms with Crippen molar-refractivity contribution in [3.8, 4) is 0 Å². The molecule has 0 radical (unpaired) electrons. The zero-order valence-electron chi connectivity index (χ0n) is 13.0. The Bertz CT molecular complexity index is 715. The van der Waals surface area contributed by atoms with Gasteiger partial charge in [0.15, 0.2) is 0 Å². The van der Waals surface area contributed by atoms with Crippen molar-refractivity contribution in [2.24, 2.45) is 5.73 Å². The van der Waals surface area contributed by atoms with Crippen LogP contribution in [0.2, 0.25) is 0 Å². The number of nitrogens with two attached hydrogens (primary N) is 1. The van der Waals surface area contributed by atoms with Crippen LogP contribution >= 0.6 is 0 Å². The second kappa shape index (κ2) is 7.91. The van der Waals surface area contributed by atoms with Gasteiger partial charge in [0.1, 0.15) is 12.1 Å². The fourth-order valence-corrected chi connectivity index (χ4v) is 2.53. The van der Waals surface area contributed by atoms with Crippen LogP contribution in [-0.2, 0) is 16.0 Å². The average Bonchev–Trinajstić information content (AvgIpc) is 3.15. The smallest absolute Gasteiger partial charge is 0.320 e. The van der Waals surface area contributed by atoms with Crippen molar-refractivity contribution in [3.63, 3.8) is 0 Å². The number of aliphatic hydroxyl groups excluding tert-OH is 1. The number of β-amino-alcohol motifs (C(OH)–C–C–N with tert-alkyl or cyclic N) is 1. The highest BCUT2D eigenvalue weighted by atomic mass is 16.4. The fourth-order valence-electron chi connectivity index (χ4n) is 2.53. The summed E-state index contributed by atoms with van der Waals surface area (Å²) in [6.07, 6.45) is 2.01. The summed E-state index contributed by atoms with van der Waals surface area (Å²) in [6.45, 7) is 0.400. The van der Waals surface area contributed by atoms with E-state index in [0.717, 1.165) is 16.5 Å². The van der Waals surface area contributed by atoms with Gasteiger partial charge in [-0.25, -0.2) is 0 Å². The van der Waals surface area contributed by atoms with Crippen molar-refractivity contribution in [2.45, 2.75) is 31.0 Å². The van der Waals surface area contributed by atoms with E-state index in [2.05, 4.69) is 10.3 Å². The molecule has 1 aliphatic rings. The highest BCUT2D eigenvalue weighted by Gasteiger charge is 2.27. The molecule has 3 rings (SSSR count). The summed E-state index contributed by atoms with van der Waals surface area (Å²) < 4.78 is 0. The summed E-state index contributed by atoms with van der Waals surface area (Å²) in [5, 5.41) is 29.6. The van der Waals surface area contributed by atoms with Gasteiger partial charge in [0, 0.05) is 36.5 Å². The van der Waals surface area contributed by atoms with Gasteiger partial charge in [-0.05, 0) is 11.6 Å². The summed E-state index contributed by atoms with van der Waals surface area (Å²) in [5.74, 6) is -1.85. The number of rotatable bonds is 4. The quantitative estimate of drug-likeness (QED) is 0.457. The summed E-state index contributed by atoms with van der Waals surface area (Å²) in [4.78, 5) is 23.9. The molecule has 130 valence electrons. The van der Waals surface area contributed by atoms with Crippen LogP contribution in [0.1, 0.15) is 12.0 Å². The second-order valence-electron chi connectivity index (χ2n) is 5.70. The Morgan fingerprint density at radius 3 is 2.54 bits per heavy atom. The lowest BCUT2D eigenvalue weighted by atomic mass is 10.1. The minimum atomic E-state index is -0.972. The summed E-state index contributed by atoms with van der Waals surface area (Å²) in [6, 6.07) is 6.37. The van der Waals surface area contributed by atoms with Crippen LogP contribution in [0, 0.1) is 0 Å². The van der Waals surface area contributed by atoms with Gasteiger partial charge in [0.25, 0.3) is 0 Å². The van der Waals surface area contributed by atoms with Crippen LogP contribution < -0.4 is 11.1 Å². The van der Waals surface area contributed by atoms with E-state index in [1.165, 1.54) is 0 Å². The zero-order valence-corrected chi connectivity index (χ0v) is 13.0. The van der Waals surface area contributed by atoms with Crippen LogP contribution in [-0.4, -0.2) is 57.0 Å². The van der Waals surface area contributed by atoms with Crippen LogP contribution in [0.15, 0.2) is 30.5 Å². The molecule has 1 fully saturated rings. The molecular weight excluding hydrogens is 314 g/mol. The Morgan fingerprint density at radius 1 is 1.29 bits per heavy atom. The van der Waals surface area contributed by atoms with Crippen LogP contribution in [0.5, 0.6) is 0 Å². The first kappa shape index (κ1) is 17.9. The predicted octanol–water partition coefficient (Wildman–Crippen LogP) is -0.0839. The van der Waals surface area contributed by atoms with E-state index in [0.29, 0.717) is 19.4 Å². The lowest BCUT2D eigenvalue weighted by Gasteiger charge is -2.04. The molecule has 1 aromatic heterocycles. The topological polar surface area (TPSA) is 149 Å². The van der Waals surface area contributed by atoms with Crippen LogP contribution in [0.3, 0.4) is 0 Å². The molecule has 8 heteroatoms. The number of hydrogen-bond acceptors (Lipinski definition) is 5. The van der Waals surface area contributed by atoms with Gasteiger partial charge < -0.3 is 31.4 Å². The number of benzene rings is 1. The highest BCUT2D eigenvalue weighted by molar-refractivity contribution is 5.84. The normalized spacial score (nSPS) is 21.1. The van der Waals surface area contributed by atoms with E-state index >= 15 is 0 Å². The maximum atomic E-state index is 10.6. The molecule has 0 saturated carbocycles. The number of para-hydroxylation sites is 1. The lowest BCUT2D eigenvalue weighted by molar-refractivity contribution is -0.139. The molecule has 1 saturated heterocycles. The first-order valence-electron chi connectivity index (χ1n) is 7.56. The van der Waals surface area contributed by atoms with Gasteiger partial charge in [0.05, 0.1) is 6.10 Å². The average molecular weight is 335 g/mol. The van der Waals surface area contributed by atoms with Crippen molar-refractivity contribution >= 4 is 22.8 Å². The number of hydrogen-bond donors (Lipinski definition) is 6. The van der Waals surface area contributed by atoms with Gasteiger partial charge in [-0.2, -0.15) is 0 Å². The molecule has 0 amide bonds. The Labute approximate surface area is 138 Å². The number of aromatic nitrogens is 1. The number of aliphatic hydroxyl groups is 1. The molecule has 8 nitrogen and oxygen atoms in total. The molecule has 0 bridgehead atoms. The van der Waals surface area contributed by atoms with E-state index in [1.54, 1.807) is 0 Å². The van der Waals surface area contributed by atoms with Crippen molar-refractivity contribution in [3.05, 3.63) is 36.0 Å². The molecular formula is C16H21N3O5. The minimum absolute atomic E-state index is 0.329. The number of H-pyrrole nitrogens is 1. The van der Waals surface area contributed by atoms with Crippen molar-refractivity contribution in [1.29, 1.82) is 0 Å². The number of nitrogens with one attached hydrogen (secondary N) is 2. The molecule has 24 heavy (non-hydrogen) atoms. The SMILES string of the molecule is NC(Cc1c[nH]c2ccccc12)C(=O)O.O=C(O)C1CC(O)CN1. The zero-order chi connectivity index (χ0) is 17.7. The van der Waals surface area contributed by atoms with E-state index in [1.807, 2.05) is 30.5 Å². The molecule has 1 aliphatic heterocycles. The van der Waals surface area contributed by atoms with Gasteiger partial charge in [-0.3, -0.25) is 9.59 Å². The number of fused-ring (bicyclic) bond motifs is 1. The molecule has 1 aromatic carbocycles. The maximum Gasteiger partial charge on any atom is 0.320 e. The standard InChI is InChI=1S/C11H12N2O2.C5H9NO3/c12-9(11(14)15)5-7-6-13-10-4-2-1-3-8(7)10;7-3-1-4(5(8)9)6-2-3/h1-4,6,9,13H,5,12H2,(H,14,15);3-4,6-7H,1-2H2,(H,8,9). The largest absolute Gasteiger partial charge is 0.480 e. The van der Waals surface area contributed by atoms with Crippen molar-refractivity contribution < 1.29 is 24.9 Å². The van der Waals surface area contributed by atoms with E-state index in [9.17, 15) is 9.59 Å². The number of carboxylic acid groups (broad SMARTS) is 2. The molecule has 7 N–H and O–H groups in total. The van der Waals surface area contributed by atoms with Gasteiger partial charge >= 0.3 is 11.9 Å². The number of carboxylic acids is 2. The van der Waals surface area contributed by atoms with Gasteiger partial charge in [-0.1, -0.05) is 18.2 Å². The Kier molecular flexibility index (Phi) is 5.91. The molecule has 0 aliphatic carbocycles. The second-order valence-corrected chi connectivity index (χ2v) is 5.70. The number of aliphatic carboxylic acids is 2. The number of aromatic amines is 1. The third-order valence-corrected chi connectivity index (χ3v) is 3.84. The Hall–Kier alpha value is -2.42. The Balaban J connectivity index is 0.000000198. The van der Waals surface area contributed by atoms with Crippen LogP contribution in [0.25, 0.3) is 10.9 Å². The van der Waals surface area contributed by atoms with Crippen LogP contribution in [0.4, 0.5) is 0 Å². The Morgan fingerprint density at radius 2 is 2.00 bits per heavy atom. The van der Waals surface area contributed by atoms with Gasteiger partial charge in [0.2, 0.25) is 0 Å². The van der Waals surface area contributed by atoms with E-state index in [-0.39, 0.29) is 0 Å². The summed E-state index contributed by atoms with van der Waals surface area (Å²) in [5.41, 5.74) is 7.43. The van der Waals surface area contributed by atoms with Crippen molar-refractivity contribution in [2.75, 3.05) is 6.54 Å². The third kappa shape index (κ3) is 4.54. The van der Waals surface area contributed by atoms with E-state index < -0.39 is 30.1 Å². The molecule has 3 unspecified atom stereocenters.